The number of rotatable bonds is 60. The van der Waals surface area contributed by atoms with E-state index < -0.39 is 57.8 Å². The highest BCUT2D eigenvalue weighted by atomic mass is 31.2. The van der Waals surface area contributed by atoms with Crippen LogP contribution >= 0.6 is 7.82 Å². The number of aliphatic hydroxyl groups excluding tert-OH is 1. The first-order chi connectivity index (χ1) is 41.2. The fourth-order valence-electron chi connectivity index (χ4n) is 8.58. The summed E-state index contributed by atoms with van der Waals surface area (Å²) in [7, 11) is -4.78. The molecule has 0 aliphatic carbocycles. The van der Waals surface area contributed by atoms with Gasteiger partial charge >= 0.3 is 25.7 Å². The number of hydrogen-bond donors (Lipinski definition) is 2. The molecule has 0 fully saturated rings. The zero-order valence-electron chi connectivity index (χ0n) is 53.1. The maximum atomic E-state index is 13.0. The van der Waals surface area contributed by atoms with Crippen molar-refractivity contribution in [2.24, 2.45) is 0 Å². The van der Waals surface area contributed by atoms with Crippen molar-refractivity contribution in [3.63, 3.8) is 0 Å². The number of phosphoric acid groups is 1. The summed E-state index contributed by atoms with van der Waals surface area (Å²) in [5.74, 6) is -1.52. The summed E-state index contributed by atoms with van der Waals surface area (Å²) in [5.41, 5.74) is 0. The van der Waals surface area contributed by atoms with E-state index >= 15 is 0 Å². The van der Waals surface area contributed by atoms with Crippen LogP contribution in [0.2, 0.25) is 0 Å². The van der Waals surface area contributed by atoms with Crippen molar-refractivity contribution in [1.82, 2.24) is 0 Å². The van der Waals surface area contributed by atoms with Gasteiger partial charge < -0.3 is 24.2 Å². The van der Waals surface area contributed by atoms with Crippen LogP contribution in [-0.4, -0.2) is 66.5 Å². The van der Waals surface area contributed by atoms with E-state index in [0.717, 1.165) is 180 Å². The highest BCUT2D eigenvalue weighted by Crippen LogP contribution is 2.43. The standard InChI is InChI=1S/C72H119O11P/c1-4-7-10-13-16-19-22-25-28-31-34-37-40-43-46-49-52-55-58-61-70(74)79-65-69(83-72(76)63-60-57-54-51-48-45-42-39-36-33-30-27-24-21-18-15-12-9-6-3)67-81-84(77,78)80-66-68(64-73)82-71(75)62-59-56-53-50-47-44-41-38-35-32-29-26-23-20-17-14-11-8-5-2/h7,9-10,12,16-21,25-30,34-39,68-69,73H,4-6,8,11,13-15,22-24,31-33,40-67H2,1-3H3,(H,77,78)/b10-7-,12-9-,19-16-,20-17-,21-18-,28-25-,29-26-,30-27-,37-34-,38-35-,39-36-. The zero-order valence-corrected chi connectivity index (χ0v) is 54.0. The van der Waals surface area contributed by atoms with Gasteiger partial charge in [-0.25, -0.2) is 4.57 Å². The van der Waals surface area contributed by atoms with Crippen LogP contribution in [0.5, 0.6) is 0 Å². The third kappa shape index (κ3) is 62.2. The lowest BCUT2D eigenvalue weighted by atomic mass is 10.1. The Kier molecular flexibility index (Phi) is 61.2. The normalized spacial score (nSPS) is 14.1. The number of unbranched alkanes of at least 4 members (excludes halogenated alkanes) is 21. The van der Waals surface area contributed by atoms with Crippen LogP contribution in [-0.2, 0) is 42.2 Å². The van der Waals surface area contributed by atoms with Gasteiger partial charge in [-0.15, -0.1) is 0 Å². The van der Waals surface area contributed by atoms with Crippen molar-refractivity contribution in [3.05, 3.63) is 134 Å². The largest absolute Gasteiger partial charge is 0.472 e. The van der Waals surface area contributed by atoms with Gasteiger partial charge in [-0.05, 0) is 135 Å². The minimum absolute atomic E-state index is 0.140. The number of hydrogen-bond acceptors (Lipinski definition) is 10. The van der Waals surface area contributed by atoms with Gasteiger partial charge in [-0.1, -0.05) is 244 Å². The smallest absolute Gasteiger partial charge is 0.462 e. The summed E-state index contributed by atoms with van der Waals surface area (Å²) in [6.07, 6.45) is 82.5. The fourth-order valence-corrected chi connectivity index (χ4v) is 9.36. The van der Waals surface area contributed by atoms with Crippen molar-refractivity contribution >= 4 is 25.7 Å². The Morgan fingerprint density at radius 2 is 0.619 bits per heavy atom. The number of carbonyl (C=O) groups excluding carboxylic acids is 3. The van der Waals surface area contributed by atoms with E-state index in [-0.39, 0.29) is 25.9 Å². The number of ether oxygens (including phenoxy) is 3. The summed E-state index contributed by atoms with van der Waals surface area (Å²) in [5, 5.41) is 9.87. The second-order valence-electron chi connectivity index (χ2n) is 21.5. The van der Waals surface area contributed by atoms with E-state index in [1.54, 1.807) is 0 Å². The first kappa shape index (κ1) is 79.6. The van der Waals surface area contributed by atoms with Crippen LogP contribution < -0.4 is 0 Å². The molecule has 3 atom stereocenters. The van der Waals surface area contributed by atoms with E-state index in [4.69, 9.17) is 23.3 Å². The molecule has 0 aliphatic heterocycles. The molecule has 12 heteroatoms. The van der Waals surface area contributed by atoms with Gasteiger partial charge in [0.2, 0.25) is 0 Å². The Morgan fingerprint density at radius 1 is 0.345 bits per heavy atom. The first-order valence-corrected chi connectivity index (χ1v) is 34.6. The molecule has 478 valence electrons. The van der Waals surface area contributed by atoms with Gasteiger partial charge in [0, 0.05) is 19.3 Å². The molecule has 0 amide bonds. The Labute approximate surface area is 512 Å². The highest BCUT2D eigenvalue weighted by molar-refractivity contribution is 7.47. The second kappa shape index (κ2) is 64.6. The molecule has 0 aromatic carbocycles. The van der Waals surface area contributed by atoms with Crippen LogP contribution in [0.4, 0.5) is 0 Å². The van der Waals surface area contributed by atoms with Crippen molar-refractivity contribution in [2.75, 3.05) is 26.4 Å². The Morgan fingerprint density at radius 3 is 0.952 bits per heavy atom. The maximum Gasteiger partial charge on any atom is 0.472 e. The average Bonchev–Trinajstić information content (AvgIpc) is 3.55. The molecule has 0 rings (SSSR count). The maximum absolute atomic E-state index is 13.0. The lowest BCUT2D eigenvalue weighted by molar-refractivity contribution is -0.161. The van der Waals surface area contributed by atoms with E-state index in [2.05, 4.69) is 154 Å². The quantitative estimate of drug-likeness (QED) is 0.0197. The Bertz CT molecular complexity index is 1920. The third-order valence-electron chi connectivity index (χ3n) is 13.5. The molecule has 0 bridgehead atoms. The molecule has 11 nitrogen and oxygen atoms in total. The van der Waals surface area contributed by atoms with Crippen molar-refractivity contribution in [2.45, 2.75) is 277 Å². The zero-order chi connectivity index (χ0) is 61.2. The number of esters is 3. The minimum Gasteiger partial charge on any atom is -0.462 e. The lowest BCUT2D eigenvalue weighted by Crippen LogP contribution is -2.30. The van der Waals surface area contributed by atoms with Gasteiger partial charge in [-0.3, -0.25) is 23.4 Å². The van der Waals surface area contributed by atoms with Crippen LogP contribution in [0.15, 0.2) is 134 Å². The monoisotopic (exact) mass is 1190 g/mol. The summed E-state index contributed by atoms with van der Waals surface area (Å²) in [4.78, 5) is 48.9. The lowest BCUT2D eigenvalue weighted by Gasteiger charge is -2.21. The number of phosphoric ester groups is 1. The molecule has 0 aromatic heterocycles. The summed E-state index contributed by atoms with van der Waals surface area (Å²) < 4.78 is 39.7. The van der Waals surface area contributed by atoms with Crippen LogP contribution in [0.1, 0.15) is 265 Å². The topological polar surface area (TPSA) is 155 Å². The molecule has 0 heterocycles. The Hall–Kier alpha value is -4.38. The fraction of sp³-hybridized carbons (Fsp3) is 0.653. The summed E-state index contributed by atoms with van der Waals surface area (Å²) >= 11 is 0. The van der Waals surface area contributed by atoms with Crippen molar-refractivity contribution in [1.29, 1.82) is 0 Å². The van der Waals surface area contributed by atoms with Crippen LogP contribution in [0, 0.1) is 0 Å². The molecule has 0 aliphatic rings. The van der Waals surface area contributed by atoms with Gasteiger partial charge in [0.25, 0.3) is 0 Å². The SMILES string of the molecule is CC/C=C\C/C=C\C/C=C\C/C=C\CCCCCCCCC(=O)OCC(COP(=O)(O)OCC(CO)OC(=O)CCCCCCCC/C=C\C/C=C\C/C=C\CCCCC)OC(=O)CCCCCCCC/C=C\C/C=C\C/C=C\C/C=C\CC. The predicted octanol–water partition coefficient (Wildman–Crippen LogP) is 20.5. The number of aliphatic hydroxyl groups is 1. The summed E-state index contributed by atoms with van der Waals surface area (Å²) in [6, 6.07) is 0. The molecular formula is C72H119O11P. The molecule has 0 spiro atoms. The molecule has 84 heavy (non-hydrogen) atoms. The van der Waals surface area contributed by atoms with Crippen LogP contribution in [0.3, 0.4) is 0 Å². The molecular weight excluding hydrogens is 1070 g/mol. The van der Waals surface area contributed by atoms with Gasteiger partial charge in [0.05, 0.1) is 19.8 Å². The Balaban J connectivity index is 4.77. The van der Waals surface area contributed by atoms with Crippen molar-refractivity contribution < 1.29 is 52.2 Å². The second-order valence-corrected chi connectivity index (χ2v) is 23.0. The summed E-state index contributed by atoms with van der Waals surface area (Å²) in [6.45, 7) is 4.36. The number of carbonyl (C=O) groups is 3. The van der Waals surface area contributed by atoms with Crippen molar-refractivity contribution in [3.8, 4) is 0 Å². The molecule has 0 saturated heterocycles. The van der Waals surface area contributed by atoms with E-state index in [1.807, 2.05) is 0 Å². The van der Waals surface area contributed by atoms with E-state index in [9.17, 15) is 28.9 Å². The van der Waals surface area contributed by atoms with Gasteiger partial charge in [0.15, 0.2) is 6.10 Å². The first-order valence-electron chi connectivity index (χ1n) is 33.1. The van der Waals surface area contributed by atoms with Gasteiger partial charge in [0.1, 0.15) is 12.7 Å². The molecule has 2 N–H and O–H groups in total. The average molecular weight is 1190 g/mol. The predicted molar refractivity (Wildman–Crippen MR) is 353 cm³/mol. The van der Waals surface area contributed by atoms with Gasteiger partial charge in [-0.2, -0.15) is 0 Å². The molecule has 3 unspecified atom stereocenters. The molecule has 0 aromatic rings. The molecule has 0 radical (unpaired) electrons. The van der Waals surface area contributed by atoms with E-state index in [1.165, 1.54) is 25.7 Å². The third-order valence-corrected chi connectivity index (χ3v) is 14.5. The van der Waals surface area contributed by atoms with Crippen LogP contribution in [0.25, 0.3) is 0 Å². The minimum atomic E-state index is -4.78. The highest BCUT2D eigenvalue weighted by Gasteiger charge is 2.28. The van der Waals surface area contributed by atoms with E-state index in [0.29, 0.717) is 19.3 Å². The number of allylic oxidation sites excluding steroid dienone is 22. The molecule has 0 saturated carbocycles.